The van der Waals surface area contributed by atoms with Gasteiger partial charge in [-0.3, -0.25) is 9.88 Å². The van der Waals surface area contributed by atoms with E-state index in [1.54, 1.807) is 13.3 Å². The van der Waals surface area contributed by atoms with Gasteiger partial charge in [-0.15, -0.1) is 0 Å². The zero-order valence-corrected chi connectivity index (χ0v) is 25.9. The molecule has 0 aliphatic carbocycles. The summed E-state index contributed by atoms with van der Waals surface area (Å²) in [6.07, 6.45) is 11.7. The number of aromatic nitrogens is 3. The summed E-state index contributed by atoms with van der Waals surface area (Å²) in [5.41, 5.74) is 2.33. The number of hydrogen-bond donors (Lipinski definition) is 0. The lowest BCUT2D eigenvalue weighted by Gasteiger charge is -2.31. The van der Waals surface area contributed by atoms with Crippen molar-refractivity contribution in [3.8, 4) is 23.0 Å². The summed E-state index contributed by atoms with van der Waals surface area (Å²) in [7, 11) is 1.58. The maximum Gasteiger partial charge on any atom is 0.319 e. The molecular formula is C35H42FN5O3. The van der Waals surface area contributed by atoms with Crippen molar-refractivity contribution >= 4 is 27.5 Å². The molecule has 3 saturated heterocycles. The lowest BCUT2D eigenvalue weighted by molar-refractivity contribution is 0.0512. The zero-order chi connectivity index (χ0) is 30.1. The average Bonchev–Trinajstić information content (AvgIpc) is 3.52. The van der Waals surface area contributed by atoms with Crippen LogP contribution in [0.4, 0.5) is 10.2 Å². The van der Waals surface area contributed by atoms with Gasteiger partial charge in [0, 0.05) is 32.0 Å². The molecule has 232 valence electrons. The summed E-state index contributed by atoms with van der Waals surface area (Å²) in [6, 6.07) is 10.2. The second kappa shape index (κ2) is 12.4. The van der Waals surface area contributed by atoms with Gasteiger partial charge in [-0.25, -0.2) is 4.39 Å². The highest BCUT2D eigenvalue weighted by Crippen LogP contribution is 2.41. The first-order valence-corrected chi connectivity index (χ1v) is 16.3. The van der Waals surface area contributed by atoms with E-state index in [0.29, 0.717) is 29.1 Å². The zero-order valence-electron chi connectivity index (χ0n) is 25.9. The predicted octanol–water partition coefficient (Wildman–Crippen LogP) is 6.92. The molecule has 2 aromatic heterocycles. The van der Waals surface area contributed by atoms with Gasteiger partial charge in [0.15, 0.2) is 12.6 Å². The second-order valence-corrected chi connectivity index (χ2v) is 12.5. The molecule has 3 aliphatic rings. The van der Waals surface area contributed by atoms with E-state index in [-0.39, 0.29) is 29.6 Å². The minimum Gasteiger partial charge on any atom is -0.468 e. The van der Waals surface area contributed by atoms with Crippen molar-refractivity contribution < 1.29 is 18.6 Å². The van der Waals surface area contributed by atoms with Crippen molar-refractivity contribution in [2.24, 2.45) is 0 Å². The van der Waals surface area contributed by atoms with E-state index in [0.717, 1.165) is 74.6 Å². The van der Waals surface area contributed by atoms with Crippen LogP contribution in [0.2, 0.25) is 0 Å². The number of aryl methyl sites for hydroxylation is 1. The summed E-state index contributed by atoms with van der Waals surface area (Å²) in [6.45, 7) is 6.71. The minimum atomic E-state index is -0.469. The van der Waals surface area contributed by atoms with Crippen LogP contribution in [0.1, 0.15) is 63.9 Å². The quantitative estimate of drug-likeness (QED) is 0.192. The van der Waals surface area contributed by atoms with Gasteiger partial charge in [0.1, 0.15) is 29.4 Å². The van der Waals surface area contributed by atoms with Gasteiger partial charge < -0.3 is 19.1 Å². The van der Waals surface area contributed by atoms with Gasteiger partial charge in [-0.2, -0.15) is 9.97 Å². The third kappa shape index (κ3) is 5.34. The molecule has 0 unspecified atom stereocenters. The number of hydrogen-bond acceptors (Lipinski definition) is 8. The van der Waals surface area contributed by atoms with Gasteiger partial charge in [0.25, 0.3) is 0 Å². The van der Waals surface area contributed by atoms with Crippen molar-refractivity contribution in [2.75, 3.05) is 51.6 Å². The standard InChI is InChI=1S/C35H42FN5O3/c1-3-24-11-8-12-25-19-26(44-23-42-2)20-27(29(24)25)31-30(36)32-28(21-37-31)33(40-15-6-4-5-7-16-40)39-34(38-32)43-22-35-13-9-17-41(35)18-10-14-35/h8,11-12,19-21H,3-7,9-10,13-18,22-23H2,1-2H3. The Morgan fingerprint density at radius 2 is 1.73 bits per heavy atom. The molecule has 0 radical (unpaired) electrons. The molecule has 5 heterocycles. The maximum atomic E-state index is 17.0. The second-order valence-electron chi connectivity index (χ2n) is 12.5. The van der Waals surface area contributed by atoms with Crippen LogP contribution in [-0.2, 0) is 11.2 Å². The van der Waals surface area contributed by atoms with Crippen molar-refractivity contribution in [2.45, 2.75) is 70.3 Å². The molecule has 9 heteroatoms. The van der Waals surface area contributed by atoms with E-state index in [4.69, 9.17) is 29.2 Å². The highest BCUT2D eigenvalue weighted by Gasteiger charge is 2.45. The molecule has 3 fully saturated rings. The van der Waals surface area contributed by atoms with Gasteiger partial charge in [-0.05, 0) is 86.5 Å². The summed E-state index contributed by atoms with van der Waals surface area (Å²) in [4.78, 5) is 19.3. The van der Waals surface area contributed by atoms with Crippen LogP contribution in [-0.4, -0.2) is 72.1 Å². The molecule has 4 aromatic rings. The number of rotatable bonds is 9. The summed E-state index contributed by atoms with van der Waals surface area (Å²) in [5, 5.41) is 2.54. The third-order valence-electron chi connectivity index (χ3n) is 9.85. The number of ether oxygens (including phenoxy) is 3. The Balaban J connectivity index is 1.37. The average molecular weight is 600 g/mol. The van der Waals surface area contributed by atoms with Crippen LogP contribution in [0, 0.1) is 5.82 Å². The number of halogens is 1. The maximum absolute atomic E-state index is 17.0. The fourth-order valence-corrected chi connectivity index (χ4v) is 7.63. The molecule has 2 aromatic carbocycles. The van der Waals surface area contributed by atoms with E-state index in [9.17, 15) is 0 Å². The van der Waals surface area contributed by atoms with Gasteiger partial charge in [-0.1, -0.05) is 38.0 Å². The Kier molecular flexibility index (Phi) is 8.25. The van der Waals surface area contributed by atoms with Crippen molar-refractivity contribution in [1.29, 1.82) is 0 Å². The van der Waals surface area contributed by atoms with E-state index in [1.165, 1.54) is 25.7 Å². The van der Waals surface area contributed by atoms with Crippen molar-refractivity contribution in [3.05, 3.63) is 47.9 Å². The fourth-order valence-electron chi connectivity index (χ4n) is 7.63. The van der Waals surface area contributed by atoms with E-state index in [2.05, 4.69) is 22.8 Å². The first kappa shape index (κ1) is 29.2. The molecule has 0 amide bonds. The Bertz CT molecular complexity index is 1650. The van der Waals surface area contributed by atoms with Crippen LogP contribution < -0.4 is 14.4 Å². The summed E-state index contributed by atoms with van der Waals surface area (Å²) < 4.78 is 34.4. The Hall–Kier alpha value is -3.56. The van der Waals surface area contributed by atoms with Crippen LogP contribution >= 0.6 is 0 Å². The Morgan fingerprint density at radius 1 is 0.932 bits per heavy atom. The Morgan fingerprint density at radius 3 is 2.48 bits per heavy atom. The van der Waals surface area contributed by atoms with Gasteiger partial charge in [0.05, 0.1) is 10.9 Å². The number of pyridine rings is 1. The molecule has 0 atom stereocenters. The van der Waals surface area contributed by atoms with E-state index < -0.39 is 5.82 Å². The number of anilines is 1. The largest absolute Gasteiger partial charge is 0.468 e. The molecule has 0 bridgehead atoms. The SMILES string of the molecule is CCc1cccc2cc(OCOC)cc(-c3ncc4c(N5CCCCCC5)nc(OCC56CCCN5CCC6)nc4c3F)c12. The predicted molar refractivity (Wildman–Crippen MR) is 171 cm³/mol. The monoisotopic (exact) mass is 599 g/mol. The van der Waals surface area contributed by atoms with Crippen LogP contribution in [0.15, 0.2) is 36.5 Å². The molecule has 3 aliphatic heterocycles. The molecule has 7 rings (SSSR count). The number of benzene rings is 2. The highest BCUT2D eigenvalue weighted by molar-refractivity contribution is 6.01. The normalized spacial score (nSPS) is 18.6. The smallest absolute Gasteiger partial charge is 0.319 e. The molecule has 0 spiro atoms. The first-order valence-electron chi connectivity index (χ1n) is 16.3. The topological polar surface area (TPSA) is 72.8 Å². The highest BCUT2D eigenvalue weighted by atomic mass is 19.1. The summed E-state index contributed by atoms with van der Waals surface area (Å²) >= 11 is 0. The molecule has 8 nitrogen and oxygen atoms in total. The van der Waals surface area contributed by atoms with Crippen molar-refractivity contribution in [1.82, 2.24) is 19.9 Å². The van der Waals surface area contributed by atoms with E-state index in [1.807, 2.05) is 24.3 Å². The lowest BCUT2D eigenvalue weighted by Crippen LogP contribution is -2.43. The van der Waals surface area contributed by atoms with Crippen LogP contribution in [0.3, 0.4) is 0 Å². The number of nitrogens with zero attached hydrogens (tertiary/aromatic N) is 5. The number of methoxy groups -OCH3 is 1. The van der Waals surface area contributed by atoms with E-state index >= 15 is 4.39 Å². The third-order valence-corrected chi connectivity index (χ3v) is 9.85. The minimum absolute atomic E-state index is 0.0428. The van der Waals surface area contributed by atoms with Crippen LogP contribution in [0.25, 0.3) is 32.9 Å². The van der Waals surface area contributed by atoms with Crippen molar-refractivity contribution in [3.63, 3.8) is 0 Å². The molecule has 44 heavy (non-hydrogen) atoms. The van der Waals surface area contributed by atoms with Gasteiger partial charge >= 0.3 is 6.01 Å². The molecular weight excluding hydrogens is 557 g/mol. The fraction of sp³-hybridized carbons (Fsp3) is 0.514. The van der Waals surface area contributed by atoms with Gasteiger partial charge in [0.2, 0.25) is 0 Å². The lowest BCUT2D eigenvalue weighted by atomic mass is 9.95. The molecule has 0 N–H and O–H groups in total. The Labute approximate surface area is 258 Å². The summed E-state index contributed by atoms with van der Waals surface area (Å²) in [5.74, 6) is 0.842. The molecule has 0 saturated carbocycles. The first-order chi connectivity index (χ1) is 21.6. The number of fused-ring (bicyclic) bond motifs is 3. The van der Waals surface area contributed by atoms with Crippen LogP contribution in [0.5, 0.6) is 11.8 Å².